The third kappa shape index (κ3) is 2.83. The highest BCUT2D eigenvalue weighted by Gasteiger charge is 2.23. The number of nitrogens with one attached hydrogen (secondary N) is 1. The van der Waals surface area contributed by atoms with E-state index in [0.29, 0.717) is 24.2 Å². The van der Waals surface area contributed by atoms with Crippen molar-refractivity contribution >= 4 is 0 Å². The first-order chi connectivity index (χ1) is 9.56. The van der Waals surface area contributed by atoms with Gasteiger partial charge in [0.1, 0.15) is 17.5 Å². The molecule has 1 unspecified atom stereocenters. The Hall–Kier alpha value is -1.86. The summed E-state index contributed by atoms with van der Waals surface area (Å²) in [5.74, 6) is 2.43. The summed E-state index contributed by atoms with van der Waals surface area (Å²) in [5.41, 5.74) is 2.51. The van der Waals surface area contributed by atoms with E-state index in [1.807, 2.05) is 6.92 Å². The van der Waals surface area contributed by atoms with Gasteiger partial charge >= 0.3 is 0 Å². The first kappa shape index (κ1) is 14.5. The molecule has 1 aromatic carbocycles. The lowest BCUT2D eigenvalue weighted by molar-refractivity contribution is 0.491. The predicted octanol–water partition coefficient (Wildman–Crippen LogP) is 2.26. The number of hydrazine groups is 1. The van der Waals surface area contributed by atoms with Crippen molar-refractivity contribution in [2.24, 2.45) is 5.84 Å². The maximum atomic E-state index is 13.8. The summed E-state index contributed by atoms with van der Waals surface area (Å²) in [6.45, 7) is 2.67. The van der Waals surface area contributed by atoms with Gasteiger partial charge in [-0.1, -0.05) is 6.92 Å². The molecule has 0 spiro atoms. The maximum Gasteiger partial charge on any atom is 0.134 e. The van der Waals surface area contributed by atoms with Crippen LogP contribution in [0.15, 0.2) is 24.5 Å². The van der Waals surface area contributed by atoms with Crippen molar-refractivity contribution in [1.29, 1.82) is 0 Å². The van der Waals surface area contributed by atoms with E-state index in [2.05, 4.69) is 10.5 Å². The third-order valence-corrected chi connectivity index (χ3v) is 2.94. The Bertz CT molecular complexity index is 574. The minimum absolute atomic E-state index is 0.329. The van der Waals surface area contributed by atoms with E-state index in [0.717, 1.165) is 6.42 Å². The number of aryl methyl sites for hydroxylation is 1. The largest absolute Gasteiger partial charge is 0.272 e. The van der Waals surface area contributed by atoms with Gasteiger partial charge in [0.25, 0.3) is 0 Å². The summed E-state index contributed by atoms with van der Waals surface area (Å²) >= 11 is 0. The SMILES string of the molecule is CCCn1cc(C(NN)c2c(F)cc(F)cc2F)cn1. The molecule has 4 nitrogen and oxygen atoms in total. The molecule has 0 fully saturated rings. The Balaban J connectivity index is 2.41. The van der Waals surface area contributed by atoms with Gasteiger partial charge in [-0.25, -0.2) is 18.6 Å². The highest BCUT2D eigenvalue weighted by molar-refractivity contribution is 5.31. The molecule has 0 radical (unpaired) electrons. The summed E-state index contributed by atoms with van der Waals surface area (Å²) in [4.78, 5) is 0. The van der Waals surface area contributed by atoms with Gasteiger partial charge in [-0.3, -0.25) is 10.5 Å². The minimum Gasteiger partial charge on any atom is -0.272 e. The van der Waals surface area contributed by atoms with Crippen molar-refractivity contribution < 1.29 is 13.2 Å². The number of hydrogen-bond donors (Lipinski definition) is 2. The summed E-state index contributed by atoms with van der Waals surface area (Å²) in [6, 6.07) is 0.319. The Kier molecular flexibility index (Phi) is 4.41. The minimum atomic E-state index is -0.992. The van der Waals surface area contributed by atoms with E-state index in [1.54, 1.807) is 10.9 Å². The van der Waals surface area contributed by atoms with Crippen molar-refractivity contribution in [3.05, 3.63) is 53.1 Å². The van der Waals surface area contributed by atoms with Gasteiger partial charge in [0, 0.05) is 36.0 Å². The predicted molar refractivity (Wildman–Crippen MR) is 68.0 cm³/mol. The van der Waals surface area contributed by atoms with E-state index >= 15 is 0 Å². The maximum absolute atomic E-state index is 13.8. The van der Waals surface area contributed by atoms with Gasteiger partial charge in [0.05, 0.1) is 12.2 Å². The average Bonchev–Trinajstić information content (AvgIpc) is 2.82. The Labute approximate surface area is 114 Å². The zero-order valence-corrected chi connectivity index (χ0v) is 10.9. The van der Waals surface area contributed by atoms with E-state index < -0.39 is 23.5 Å². The molecule has 3 N–H and O–H groups in total. The Morgan fingerprint density at radius 2 is 1.95 bits per heavy atom. The number of halogens is 3. The van der Waals surface area contributed by atoms with E-state index in [1.165, 1.54) is 6.20 Å². The van der Waals surface area contributed by atoms with Gasteiger partial charge in [-0.2, -0.15) is 5.10 Å². The molecule has 0 saturated heterocycles. The van der Waals surface area contributed by atoms with Crippen LogP contribution >= 0.6 is 0 Å². The van der Waals surface area contributed by atoms with Crippen LogP contribution in [0.2, 0.25) is 0 Å². The molecule has 0 aliphatic rings. The molecule has 0 aliphatic heterocycles. The van der Waals surface area contributed by atoms with Crippen LogP contribution in [-0.2, 0) is 6.54 Å². The van der Waals surface area contributed by atoms with Crippen LogP contribution in [0.1, 0.15) is 30.5 Å². The number of benzene rings is 1. The molecule has 0 saturated carbocycles. The number of nitrogens with zero attached hydrogens (tertiary/aromatic N) is 2. The lowest BCUT2D eigenvalue weighted by Gasteiger charge is -2.16. The molecule has 2 aromatic rings. The molecule has 7 heteroatoms. The number of nitrogens with two attached hydrogens (primary N) is 1. The topological polar surface area (TPSA) is 55.9 Å². The van der Waals surface area contributed by atoms with Gasteiger partial charge in [-0.15, -0.1) is 0 Å². The molecule has 0 aliphatic carbocycles. The van der Waals surface area contributed by atoms with Gasteiger partial charge in [0.2, 0.25) is 0 Å². The average molecular weight is 284 g/mol. The lowest BCUT2D eigenvalue weighted by atomic mass is 10.0. The number of aromatic nitrogens is 2. The van der Waals surface area contributed by atoms with E-state index in [9.17, 15) is 13.2 Å². The van der Waals surface area contributed by atoms with Crippen molar-refractivity contribution in [3.8, 4) is 0 Å². The standard InChI is InChI=1S/C13H15F3N4/c1-2-3-20-7-8(6-18-20)13(19-17)12-10(15)4-9(14)5-11(12)16/h4-7,13,19H,2-3,17H2,1H3. The van der Waals surface area contributed by atoms with E-state index in [-0.39, 0.29) is 5.56 Å². The molecule has 1 heterocycles. The molecule has 1 aromatic heterocycles. The van der Waals surface area contributed by atoms with Crippen molar-refractivity contribution in [2.45, 2.75) is 25.9 Å². The highest BCUT2D eigenvalue weighted by atomic mass is 19.1. The second kappa shape index (κ2) is 6.06. The van der Waals surface area contributed by atoms with Crippen LogP contribution in [0.4, 0.5) is 13.2 Å². The molecule has 1 atom stereocenters. The molecule has 0 bridgehead atoms. The quantitative estimate of drug-likeness (QED) is 0.654. The van der Waals surface area contributed by atoms with Crippen LogP contribution < -0.4 is 11.3 Å². The Morgan fingerprint density at radius 3 is 2.50 bits per heavy atom. The van der Waals surface area contributed by atoms with Crippen molar-refractivity contribution in [3.63, 3.8) is 0 Å². The van der Waals surface area contributed by atoms with E-state index in [4.69, 9.17) is 5.84 Å². The first-order valence-corrected chi connectivity index (χ1v) is 6.19. The fraction of sp³-hybridized carbons (Fsp3) is 0.308. The second-order valence-corrected chi connectivity index (χ2v) is 4.42. The van der Waals surface area contributed by atoms with Crippen LogP contribution in [0.5, 0.6) is 0 Å². The van der Waals surface area contributed by atoms with Gasteiger partial charge in [0.15, 0.2) is 0 Å². The monoisotopic (exact) mass is 284 g/mol. The lowest BCUT2D eigenvalue weighted by Crippen LogP contribution is -2.30. The summed E-state index contributed by atoms with van der Waals surface area (Å²) in [6.07, 6.45) is 4.00. The van der Waals surface area contributed by atoms with Crippen LogP contribution in [0.3, 0.4) is 0 Å². The Morgan fingerprint density at radius 1 is 1.30 bits per heavy atom. The third-order valence-electron chi connectivity index (χ3n) is 2.94. The molecule has 0 amide bonds. The van der Waals surface area contributed by atoms with Crippen LogP contribution in [-0.4, -0.2) is 9.78 Å². The summed E-state index contributed by atoms with van der Waals surface area (Å²) in [5, 5.41) is 4.08. The van der Waals surface area contributed by atoms with Crippen LogP contribution in [0, 0.1) is 17.5 Å². The molecule has 20 heavy (non-hydrogen) atoms. The first-order valence-electron chi connectivity index (χ1n) is 6.19. The normalized spacial score (nSPS) is 12.7. The fourth-order valence-corrected chi connectivity index (χ4v) is 2.06. The number of rotatable bonds is 5. The molecular weight excluding hydrogens is 269 g/mol. The molecular formula is C13H15F3N4. The second-order valence-electron chi connectivity index (χ2n) is 4.42. The van der Waals surface area contributed by atoms with Gasteiger partial charge in [-0.05, 0) is 6.42 Å². The summed E-state index contributed by atoms with van der Waals surface area (Å²) in [7, 11) is 0. The zero-order valence-electron chi connectivity index (χ0n) is 10.9. The van der Waals surface area contributed by atoms with Crippen LogP contribution in [0.25, 0.3) is 0 Å². The molecule has 108 valence electrons. The smallest absolute Gasteiger partial charge is 0.134 e. The number of hydrogen-bond acceptors (Lipinski definition) is 3. The molecule has 2 rings (SSSR count). The highest BCUT2D eigenvalue weighted by Crippen LogP contribution is 2.27. The summed E-state index contributed by atoms with van der Waals surface area (Å²) < 4.78 is 42.2. The van der Waals surface area contributed by atoms with Gasteiger partial charge < -0.3 is 0 Å². The fourth-order valence-electron chi connectivity index (χ4n) is 2.06. The van der Waals surface area contributed by atoms with Crippen molar-refractivity contribution in [1.82, 2.24) is 15.2 Å². The zero-order chi connectivity index (χ0) is 14.7. The van der Waals surface area contributed by atoms with Crippen molar-refractivity contribution in [2.75, 3.05) is 0 Å².